The summed E-state index contributed by atoms with van der Waals surface area (Å²) in [5.74, 6) is 2.17. The van der Waals surface area contributed by atoms with Gasteiger partial charge in [-0.15, -0.1) is 0 Å². The maximum Gasteiger partial charge on any atom is 0.407 e. The highest BCUT2D eigenvalue weighted by Gasteiger charge is 2.39. The number of likely N-dealkylation sites (N-methyl/N-ethyl adjacent to an activating group) is 1. The van der Waals surface area contributed by atoms with Gasteiger partial charge >= 0.3 is 6.09 Å². The van der Waals surface area contributed by atoms with Gasteiger partial charge in [0.2, 0.25) is 0 Å². The highest BCUT2D eigenvalue weighted by atomic mass is 16.5. The van der Waals surface area contributed by atoms with Crippen LogP contribution in [0.4, 0.5) is 4.79 Å². The Labute approximate surface area is 200 Å². The predicted molar refractivity (Wildman–Crippen MR) is 132 cm³/mol. The topological polar surface area (TPSA) is 75.8 Å². The predicted octanol–water partition coefficient (Wildman–Crippen LogP) is 4.11. The maximum absolute atomic E-state index is 12.4. The molecular weight excluding hydrogens is 430 g/mol. The molecule has 0 radical (unpaired) electrons. The number of likely N-dealkylation sites (tertiary alicyclic amines) is 1. The molecule has 2 N–H and O–H groups in total. The number of H-pyrrole nitrogens is 1. The van der Waals surface area contributed by atoms with E-state index in [0.717, 1.165) is 24.9 Å². The van der Waals surface area contributed by atoms with E-state index in [1.807, 2.05) is 18.2 Å². The van der Waals surface area contributed by atoms with Crippen molar-refractivity contribution in [2.45, 2.75) is 31.2 Å². The van der Waals surface area contributed by atoms with E-state index in [-0.39, 0.29) is 6.09 Å². The zero-order valence-corrected chi connectivity index (χ0v) is 20.1. The van der Waals surface area contributed by atoms with Crippen molar-refractivity contribution in [1.82, 2.24) is 15.2 Å². The van der Waals surface area contributed by atoms with Crippen LogP contribution in [-0.2, 0) is 17.6 Å². The number of methoxy groups -OCH3 is 2. The van der Waals surface area contributed by atoms with Gasteiger partial charge in [-0.2, -0.15) is 0 Å². The first kappa shape index (κ1) is 22.6. The third kappa shape index (κ3) is 4.32. The Bertz CT molecular complexity index is 1170. The van der Waals surface area contributed by atoms with Crippen molar-refractivity contribution in [3.05, 3.63) is 59.3 Å². The number of nitrogens with one attached hydrogen (secondary N) is 2. The highest BCUT2D eigenvalue weighted by Crippen LogP contribution is 2.44. The van der Waals surface area contributed by atoms with Crippen LogP contribution < -0.4 is 14.8 Å². The first-order valence-corrected chi connectivity index (χ1v) is 12.0. The van der Waals surface area contributed by atoms with Crippen LogP contribution in [0.15, 0.2) is 42.6 Å². The first-order valence-electron chi connectivity index (χ1n) is 12.0. The molecular formula is C27H33N3O4. The molecule has 34 heavy (non-hydrogen) atoms. The summed E-state index contributed by atoms with van der Waals surface area (Å²) in [5.41, 5.74) is 5.14. The molecule has 7 heteroatoms. The van der Waals surface area contributed by atoms with E-state index >= 15 is 0 Å². The summed E-state index contributed by atoms with van der Waals surface area (Å²) in [7, 11) is 5.43. The SMILES string of the molecule is COc1ccc(CCNC(=O)OC[C@@H]2CC3c4cccc5[nH]cc(c45)C[C@H]3N(C)C2)cc1OC. The minimum atomic E-state index is -0.357. The van der Waals surface area contributed by atoms with Gasteiger partial charge in [0.15, 0.2) is 11.5 Å². The Balaban J connectivity index is 1.14. The van der Waals surface area contributed by atoms with Crippen molar-refractivity contribution in [2.24, 2.45) is 5.92 Å². The Hall–Kier alpha value is -3.19. The smallest absolute Gasteiger partial charge is 0.407 e. The molecule has 1 aliphatic carbocycles. The molecule has 5 rings (SSSR count). The number of hydrogen-bond acceptors (Lipinski definition) is 5. The van der Waals surface area contributed by atoms with Gasteiger partial charge in [-0.1, -0.05) is 18.2 Å². The average molecular weight is 464 g/mol. The largest absolute Gasteiger partial charge is 0.493 e. The maximum atomic E-state index is 12.4. The van der Waals surface area contributed by atoms with E-state index < -0.39 is 0 Å². The van der Waals surface area contributed by atoms with Crippen LogP contribution in [0, 0.1) is 5.92 Å². The molecule has 1 aromatic heterocycles. The Kier molecular flexibility index (Phi) is 6.37. The Morgan fingerprint density at radius 3 is 2.85 bits per heavy atom. The zero-order chi connectivity index (χ0) is 23.7. The molecule has 1 unspecified atom stereocenters. The molecule has 1 aliphatic heterocycles. The first-order chi connectivity index (χ1) is 16.6. The lowest BCUT2D eigenvalue weighted by Crippen LogP contribution is -2.49. The number of alkyl carbamates (subject to hydrolysis) is 1. The van der Waals surface area contributed by atoms with Crippen molar-refractivity contribution in [1.29, 1.82) is 0 Å². The molecule has 1 saturated heterocycles. The normalized spacial score (nSPS) is 21.7. The van der Waals surface area contributed by atoms with Gasteiger partial charge in [-0.3, -0.25) is 0 Å². The van der Waals surface area contributed by atoms with E-state index in [9.17, 15) is 4.79 Å². The minimum absolute atomic E-state index is 0.318. The van der Waals surface area contributed by atoms with Gasteiger partial charge < -0.3 is 29.4 Å². The van der Waals surface area contributed by atoms with Crippen LogP contribution in [0.5, 0.6) is 11.5 Å². The van der Waals surface area contributed by atoms with Crippen molar-refractivity contribution in [3.8, 4) is 11.5 Å². The number of aromatic amines is 1. The molecule has 3 aromatic rings. The third-order valence-electron chi connectivity index (χ3n) is 7.39. The van der Waals surface area contributed by atoms with Crippen molar-refractivity contribution in [2.75, 3.05) is 41.0 Å². The van der Waals surface area contributed by atoms with Gasteiger partial charge in [-0.05, 0) is 61.2 Å². The standard InChI is InChI=1S/C27H33N3O4/c1-30-15-18(11-21-20-5-4-6-22-26(20)19(14-29-22)13-23(21)30)16-34-27(31)28-10-9-17-7-8-24(32-2)25(12-17)33-3/h4-8,12,14,18,21,23,29H,9-11,13,15-16H2,1-3H3,(H,28,31)/t18-,21?,23-/m1/s1. The average Bonchev–Trinajstić information content (AvgIpc) is 3.27. The van der Waals surface area contributed by atoms with Crippen molar-refractivity contribution < 1.29 is 19.0 Å². The van der Waals surface area contributed by atoms with Crippen LogP contribution in [0.3, 0.4) is 0 Å². The number of fused-ring (bicyclic) bond motifs is 2. The number of hydrogen-bond donors (Lipinski definition) is 2. The van der Waals surface area contributed by atoms with Gasteiger partial charge in [0.25, 0.3) is 0 Å². The van der Waals surface area contributed by atoms with E-state index in [4.69, 9.17) is 14.2 Å². The monoisotopic (exact) mass is 463 g/mol. The lowest BCUT2D eigenvalue weighted by molar-refractivity contribution is 0.0622. The lowest BCUT2D eigenvalue weighted by atomic mass is 9.72. The number of aromatic nitrogens is 1. The molecule has 2 heterocycles. The van der Waals surface area contributed by atoms with E-state index in [1.165, 1.54) is 22.0 Å². The molecule has 180 valence electrons. The quantitative estimate of drug-likeness (QED) is 0.552. The molecule has 0 saturated carbocycles. The van der Waals surface area contributed by atoms with Crippen LogP contribution in [0.2, 0.25) is 0 Å². The Morgan fingerprint density at radius 2 is 2.03 bits per heavy atom. The van der Waals surface area contributed by atoms with Crippen LogP contribution in [0.25, 0.3) is 10.9 Å². The second-order valence-electron chi connectivity index (χ2n) is 9.47. The molecule has 2 aromatic carbocycles. The number of nitrogens with zero attached hydrogens (tertiary/aromatic N) is 1. The van der Waals surface area contributed by atoms with E-state index in [1.54, 1.807) is 14.2 Å². The summed E-state index contributed by atoms with van der Waals surface area (Å²) in [5, 5.41) is 4.27. The highest BCUT2D eigenvalue weighted by molar-refractivity contribution is 5.88. The van der Waals surface area contributed by atoms with E-state index in [2.05, 4.69) is 46.6 Å². The van der Waals surface area contributed by atoms with Crippen LogP contribution in [0.1, 0.15) is 29.0 Å². The number of benzene rings is 2. The molecule has 2 aliphatic rings. The summed E-state index contributed by atoms with van der Waals surface area (Å²) < 4.78 is 16.2. The fourth-order valence-electron chi connectivity index (χ4n) is 5.76. The summed E-state index contributed by atoms with van der Waals surface area (Å²) >= 11 is 0. The lowest BCUT2D eigenvalue weighted by Gasteiger charge is -2.45. The van der Waals surface area contributed by atoms with Crippen LogP contribution >= 0.6 is 0 Å². The van der Waals surface area contributed by atoms with Crippen molar-refractivity contribution in [3.63, 3.8) is 0 Å². The van der Waals surface area contributed by atoms with E-state index in [0.29, 0.717) is 48.9 Å². The zero-order valence-electron chi connectivity index (χ0n) is 20.1. The molecule has 7 nitrogen and oxygen atoms in total. The minimum Gasteiger partial charge on any atom is -0.493 e. The second kappa shape index (κ2) is 9.58. The number of piperidine rings is 1. The molecule has 3 atom stereocenters. The van der Waals surface area contributed by atoms with Crippen molar-refractivity contribution >= 4 is 17.0 Å². The molecule has 1 fully saturated rings. The molecule has 1 amide bonds. The third-order valence-corrected chi connectivity index (χ3v) is 7.39. The molecule has 0 bridgehead atoms. The number of rotatable bonds is 7. The van der Waals surface area contributed by atoms with Gasteiger partial charge in [0, 0.05) is 48.1 Å². The molecule has 0 spiro atoms. The van der Waals surface area contributed by atoms with Gasteiger partial charge in [0.05, 0.1) is 20.8 Å². The summed E-state index contributed by atoms with van der Waals surface area (Å²) in [4.78, 5) is 18.2. The Morgan fingerprint density at radius 1 is 1.18 bits per heavy atom. The second-order valence-corrected chi connectivity index (χ2v) is 9.47. The number of ether oxygens (including phenoxy) is 3. The van der Waals surface area contributed by atoms with Gasteiger partial charge in [-0.25, -0.2) is 4.79 Å². The summed E-state index contributed by atoms with van der Waals surface area (Å²) in [6.07, 6.45) is 4.61. The van der Waals surface area contributed by atoms with Crippen LogP contribution in [-0.4, -0.2) is 63.0 Å². The number of carbonyl (C=O) groups excluding carboxylic acids is 1. The number of amides is 1. The van der Waals surface area contributed by atoms with Gasteiger partial charge in [0.1, 0.15) is 0 Å². The fourth-order valence-corrected chi connectivity index (χ4v) is 5.76. The summed E-state index contributed by atoms with van der Waals surface area (Å²) in [6.45, 7) is 1.88. The fraction of sp³-hybridized carbons (Fsp3) is 0.444. The summed E-state index contributed by atoms with van der Waals surface area (Å²) in [6, 6.07) is 12.9. The number of carbonyl (C=O) groups is 1.